The van der Waals surface area contributed by atoms with Gasteiger partial charge >= 0.3 is 0 Å². The van der Waals surface area contributed by atoms with Crippen LogP contribution < -0.4 is 10.2 Å². The molecule has 0 saturated carbocycles. The van der Waals surface area contributed by atoms with Gasteiger partial charge in [0.05, 0.1) is 0 Å². The van der Waals surface area contributed by atoms with Crippen LogP contribution >= 0.6 is 11.6 Å². The molecule has 0 aliphatic rings. The third kappa shape index (κ3) is 3.58. The van der Waals surface area contributed by atoms with Crippen LogP contribution in [-0.2, 0) is 6.54 Å². The molecular weight excluding hydrogens is 260 g/mol. The van der Waals surface area contributed by atoms with Crippen LogP contribution in [-0.4, -0.2) is 23.6 Å². The molecule has 100 valence electrons. The molecule has 0 radical (unpaired) electrons. The van der Waals surface area contributed by atoms with Crippen molar-refractivity contribution in [2.45, 2.75) is 13.5 Å². The van der Waals surface area contributed by atoms with Crippen molar-refractivity contribution < 1.29 is 0 Å². The largest absolute Gasteiger partial charge is 0.355 e. The minimum Gasteiger partial charge on any atom is -0.355 e. The van der Waals surface area contributed by atoms with Gasteiger partial charge in [-0.2, -0.15) is 4.98 Å². The zero-order valence-electron chi connectivity index (χ0n) is 11.1. The first-order valence-electron chi connectivity index (χ1n) is 6.22. The summed E-state index contributed by atoms with van der Waals surface area (Å²) in [5.41, 5.74) is 1.08. The molecule has 1 N–H and O–H groups in total. The molecule has 0 aliphatic carbocycles. The second-order valence-electron chi connectivity index (χ2n) is 4.22. The first-order valence-corrected chi connectivity index (χ1v) is 6.60. The van der Waals surface area contributed by atoms with Gasteiger partial charge in [0.15, 0.2) is 0 Å². The quantitative estimate of drug-likeness (QED) is 0.911. The Labute approximate surface area is 118 Å². The fourth-order valence-electron chi connectivity index (χ4n) is 1.77. The van der Waals surface area contributed by atoms with Gasteiger partial charge in [0, 0.05) is 31.4 Å². The number of nitrogens with one attached hydrogen (secondary N) is 1. The van der Waals surface area contributed by atoms with Crippen molar-refractivity contribution in [3.63, 3.8) is 0 Å². The Bertz CT molecular complexity index is 544. The van der Waals surface area contributed by atoms with Crippen LogP contribution in [0.3, 0.4) is 0 Å². The molecule has 4 nitrogen and oxygen atoms in total. The Hall–Kier alpha value is -1.81. The molecule has 1 heterocycles. The fraction of sp³-hybridized carbons (Fsp3) is 0.286. The number of nitrogens with zero attached hydrogens (tertiary/aromatic N) is 3. The van der Waals surface area contributed by atoms with Gasteiger partial charge in [-0.05, 0) is 24.6 Å². The van der Waals surface area contributed by atoms with Crippen LogP contribution in [0.25, 0.3) is 0 Å². The third-order valence-electron chi connectivity index (χ3n) is 2.73. The van der Waals surface area contributed by atoms with Crippen molar-refractivity contribution in [1.82, 2.24) is 9.97 Å². The van der Waals surface area contributed by atoms with Gasteiger partial charge in [0.1, 0.15) is 5.82 Å². The van der Waals surface area contributed by atoms with Crippen LogP contribution in [0.4, 0.5) is 11.8 Å². The molecule has 1 aromatic carbocycles. The summed E-state index contributed by atoms with van der Waals surface area (Å²) in [6.45, 7) is 3.53. The maximum atomic E-state index is 6.17. The van der Waals surface area contributed by atoms with Crippen LogP contribution in [0.2, 0.25) is 5.02 Å². The third-order valence-corrected chi connectivity index (χ3v) is 3.10. The molecule has 19 heavy (non-hydrogen) atoms. The monoisotopic (exact) mass is 276 g/mol. The molecule has 0 saturated heterocycles. The van der Waals surface area contributed by atoms with E-state index in [0.29, 0.717) is 12.5 Å². The summed E-state index contributed by atoms with van der Waals surface area (Å²) >= 11 is 6.17. The number of hydrogen-bond acceptors (Lipinski definition) is 4. The number of halogens is 1. The lowest BCUT2D eigenvalue weighted by Crippen LogP contribution is -2.18. The van der Waals surface area contributed by atoms with Gasteiger partial charge in [0.2, 0.25) is 5.95 Å². The Morgan fingerprint density at radius 1 is 1.26 bits per heavy atom. The molecule has 2 aromatic rings. The van der Waals surface area contributed by atoms with E-state index >= 15 is 0 Å². The molecule has 5 heteroatoms. The van der Waals surface area contributed by atoms with Crippen molar-refractivity contribution in [3.05, 3.63) is 47.1 Å². The van der Waals surface area contributed by atoms with E-state index in [1.165, 1.54) is 0 Å². The van der Waals surface area contributed by atoms with Crippen LogP contribution in [0.15, 0.2) is 36.5 Å². The van der Waals surface area contributed by atoms with Gasteiger partial charge in [0.25, 0.3) is 0 Å². The van der Waals surface area contributed by atoms with E-state index in [-0.39, 0.29) is 0 Å². The first kappa shape index (κ1) is 13.6. The van der Waals surface area contributed by atoms with Crippen molar-refractivity contribution in [3.8, 4) is 0 Å². The first-order chi connectivity index (χ1) is 9.20. The predicted octanol–water partition coefficient (Wildman–Crippen LogP) is 3.20. The van der Waals surface area contributed by atoms with E-state index in [1.807, 2.05) is 49.2 Å². The lowest BCUT2D eigenvalue weighted by atomic mass is 10.2. The normalized spacial score (nSPS) is 10.3. The summed E-state index contributed by atoms with van der Waals surface area (Å²) in [7, 11) is 1.99. The van der Waals surface area contributed by atoms with Crippen LogP contribution in [0.1, 0.15) is 12.5 Å². The Kier molecular flexibility index (Phi) is 4.58. The molecule has 0 fully saturated rings. The highest BCUT2D eigenvalue weighted by Gasteiger charge is 2.07. The second kappa shape index (κ2) is 6.38. The number of rotatable bonds is 5. The van der Waals surface area contributed by atoms with Gasteiger partial charge in [-0.15, -0.1) is 0 Å². The minimum absolute atomic E-state index is 0.644. The summed E-state index contributed by atoms with van der Waals surface area (Å²) < 4.78 is 0. The SMILES string of the molecule is CCNc1nccc(N(C)Cc2ccccc2Cl)n1. The molecule has 0 amide bonds. The van der Waals surface area contributed by atoms with Gasteiger partial charge in [-0.1, -0.05) is 29.8 Å². The van der Waals surface area contributed by atoms with Crippen LogP contribution in [0, 0.1) is 0 Å². The number of hydrogen-bond donors (Lipinski definition) is 1. The summed E-state index contributed by atoms with van der Waals surface area (Å²) in [4.78, 5) is 10.7. The van der Waals surface area contributed by atoms with Gasteiger partial charge in [-0.3, -0.25) is 0 Å². The van der Waals surface area contributed by atoms with Gasteiger partial charge < -0.3 is 10.2 Å². The Morgan fingerprint density at radius 2 is 2.05 bits per heavy atom. The number of aromatic nitrogens is 2. The molecule has 0 bridgehead atoms. The minimum atomic E-state index is 0.644. The van der Waals surface area contributed by atoms with E-state index in [4.69, 9.17) is 11.6 Å². The highest BCUT2D eigenvalue weighted by atomic mass is 35.5. The maximum absolute atomic E-state index is 6.17. The topological polar surface area (TPSA) is 41.1 Å². The number of anilines is 2. The Balaban J connectivity index is 2.13. The smallest absolute Gasteiger partial charge is 0.224 e. The summed E-state index contributed by atoms with van der Waals surface area (Å²) in [6, 6.07) is 9.72. The van der Waals surface area contributed by atoms with E-state index in [9.17, 15) is 0 Å². The molecule has 0 unspecified atom stereocenters. The molecule has 1 aromatic heterocycles. The van der Waals surface area contributed by atoms with Crippen molar-refractivity contribution in [2.24, 2.45) is 0 Å². The second-order valence-corrected chi connectivity index (χ2v) is 4.62. The highest BCUT2D eigenvalue weighted by molar-refractivity contribution is 6.31. The molecule has 0 spiro atoms. The lowest BCUT2D eigenvalue weighted by Gasteiger charge is -2.19. The average Bonchev–Trinajstić information content (AvgIpc) is 2.42. The molecule has 2 rings (SSSR count). The summed E-state index contributed by atoms with van der Waals surface area (Å²) in [5.74, 6) is 1.51. The Morgan fingerprint density at radius 3 is 2.79 bits per heavy atom. The van der Waals surface area contributed by atoms with Crippen molar-refractivity contribution >= 4 is 23.4 Å². The molecule has 0 atom stereocenters. The number of benzene rings is 1. The van der Waals surface area contributed by atoms with E-state index in [2.05, 4.69) is 15.3 Å². The average molecular weight is 277 g/mol. The summed E-state index contributed by atoms with van der Waals surface area (Å²) in [5, 5.41) is 3.88. The lowest BCUT2D eigenvalue weighted by molar-refractivity contribution is 0.890. The highest BCUT2D eigenvalue weighted by Crippen LogP contribution is 2.19. The predicted molar refractivity (Wildman–Crippen MR) is 79.8 cm³/mol. The fourth-order valence-corrected chi connectivity index (χ4v) is 1.96. The summed E-state index contributed by atoms with van der Waals surface area (Å²) in [6.07, 6.45) is 1.75. The maximum Gasteiger partial charge on any atom is 0.224 e. The standard InChI is InChI=1S/C14H17ClN4/c1-3-16-14-17-9-8-13(18-14)19(2)10-11-6-4-5-7-12(11)15/h4-9H,3,10H2,1-2H3,(H,16,17,18). The zero-order valence-corrected chi connectivity index (χ0v) is 11.9. The zero-order chi connectivity index (χ0) is 13.7. The van der Waals surface area contributed by atoms with Crippen molar-refractivity contribution in [1.29, 1.82) is 0 Å². The van der Waals surface area contributed by atoms with E-state index in [1.54, 1.807) is 6.20 Å². The van der Waals surface area contributed by atoms with Crippen LogP contribution in [0.5, 0.6) is 0 Å². The molecular formula is C14H17ClN4. The van der Waals surface area contributed by atoms with E-state index < -0.39 is 0 Å². The van der Waals surface area contributed by atoms with E-state index in [0.717, 1.165) is 22.9 Å². The van der Waals surface area contributed by atoms with Gasteiger partial charge in [-0.25, -0.2) is 4.98 Å². The van der Waals surface area contributed by atoms with Crippen molar-refractivity contribution in [2.75, 3.05) is 23.8 Å². The molecule has 0 aliphatic heterocycles.